The number of carbonyl (C=O) groups is 1. The maximum Gasteiger partial charge on any atom is 0.264 e. The van der Waals surface area contributed by atoms with Crippen molar-refractivity contribution in [3.63, 3.8) is 0 Å². The zero-order valence-corrected chi connectivity index (χ0v) is 18.5. The first-order valence-electron chi connectivity index (χ1n) is 9.48. The average molecular weight is 449 g/mol. The Kier molecular flexibility index (Phi) is 5.33. The highest BCUT2D eigenvalue weighted by molar-refractivity contribution is 7.89. The van der Waals surface area contributed by atoms with Gasteiger partial charge in [0.1, 0.15) is 16.5 Å². The number of rotatable bonds is 3. The molecule has 0 bridgehead atoms. The largest absolute Gasteiger partial charge is 0.335 e. The Morgan fingerprint density at radius 3 is 2.30 bits per heavy atom. The Labute approximate surface area is 178 Å². The lowest BCUT2D eigenvalue weighted by atomic mass is 10.1. The van der Waals surface area contributed by atoms with E-state index in [9.17, 15) is 17.6 Å². The Hall–Kier alpha value is -2.43. The molecule has 158 valence electrons. The molecule has 1 aliphatic rings. The lowest BCUT2D eigenvalue weighted by Gasteiger charge is -2.33. The van der Waals surface area contributed by atoms with E-state index >= 15 is 0 Å². The topological polar surface area (TPSA) is 83.5 Å². The molecular formula is C20H21FN4O3S2. The number of hydrogen-bond donors (Lipinski definition) is 0. The Balaban J connectivity index is 1.52. The van der Waals surface area contributed by atoms with Gasteiger partial charge in [-0.2, -0.15) is 4.31 Å². The van der Waals surface area contributed by atoms with Crippen LogP contribution in [-0.4, -0.2) is 59.7 Å². The number of piperazine rings is 1. The van der Waals surface area contributed by atoms with Gasteiger partial charge in [-0.25, -0.2) is 22.8 Å². The molecule has 1 aliphatic heterocycles. The molecule has 1 aromatic carbocycles. The van der Waals surface area contributed by atoms with Crippen molar-refractivity contribution in [3.8, 4) is 0 Å². The Bertz CT molecular complexity index is 1230. The van der Waals surface area contributed by atoms with Gasteiger partial charge in [0.25, 0.3) is 5.91 Å². The molecule has 10 heteroatoms. The van der Waals surface area contributed by atoms with Gasteiger partial charge in [-0.15, -0.1) is 11.3 Å². The maximum atomic E-state index is 13.1. The summed E-state index contributed by atoms with van der Waals surface area (Å²) in [7, 11) is -3.72. The van der Waals surface area contributed by atoms with Crippen LogP contribution in [0.4, 0.5) is 4.39 Å². The fourth-order valence-electron chi connectivity index (χ4n) is 3.71. The fourth-order valence-corrected chi connectivity index (χ4v) is 6.38. The highest BCUT2D eigenvalue weighted by Gasteiger charge is 2.32. The molecule has 7 nitrogen and oxygen atoms in total. The Morgan fingerprint density at radius 2 is 1.67 bits per heavy atom. The summed E-state index contributed by atoms with van der Waals surface area (Å²) < 4.78 is 40.0. The van der Waals surface area contributed by atoms with E-state index in [0.717, 1.165) is 33.6 Å². The van der Waals surface area contributed by atoms with Gasteiger partial charge >= 0.3 is 0 Å². The molecule has 0 aliphatic carbocycles. The van der Waals surface area contributed by atoms with Crippen molar-refractivity contribution in [2.45, 2.75) is 25.7 Å². The van der Waals surface area contributed by atoms with Crippen molar-refractivity contribution in [2.75, 3.05) is 26.2 Å². The van der Waals surface area contributed by atoms with Crippen LogP contribution in [0.1, 0.15) is 26.8 Å². The van der Waals surface area contributed by atoms with Gasteiger partial charge in [0, 0.05) is 37.3 Å². The fraction of sp³-hybridized carbons (Fsp3) is 0.350. The SMILES string of the molecule is Cc1nc(C)c2c(C)c(C(=O)N3CCN(S(=O)(=O)c4ccc(F)cc4)CC3)sc2n1. The summed E-state index contributed by atoms with van der Waals surface area (Å²) in [6.45, 7) is 6.58. The number of halogens is 1. The van der Waals surface area contributed by atoms with E-state index in [1.165, 1.54) is 27.8 Å². The molecule has 0 unspecified atom stereocenters. The van der Waals surface area contributed by atoms with Crippen LogP contribution in [0.3, 0.4) is 0 Å². The first-order valence-corrected chi connectivity index (χ1v) is 11.7. The first kappa shape index (κ1) is 20.8. The van der Waals surface area contributed by atoms with Crippen LogP contribution in [0.5, 0.6) is 0 Å². The number of thiophene rings is 1. The molecule has 0 spiro atoms. The number of benzene rings is 1. The van der Waals surface area contributed by atoms with Crippen LogP contribution in [0, 0.1) is 26.6 Å². The van der Waals surface area contributed by atoms with Crippen LogP contribution in [0.15, 0.2) is 29.2 Å². The molecule has 30 heavy (non-hydrogen) atoms. The number of fused-ring (bicyclic) bond motifs is 1. The average Bonchev–Trinajstić information content (AvgIpc) is 3.04. The molecule has 0 radical (unpaired) electrons. The molecule has 1 fully saturated rings. The van der Waals surface area contributed by atoms with E-state index in [4.69, 9.17) is 0 Å². The zero-order valence-electron chi connectivity index (χ0n) is 16.8. The second kappa shape index (κ2) is 7.68. The molecule has 3 heterocycles. The standard InChI is InChI=1S/C20H21FN4O3S2/c1-12-17-13(2)22-14(3)23-19(17)29-18(12)20(26)24-8-10-25(11-9-24)30(27,28)16-6-4-15(21)5-7-16/h4-7H,8-11H2,1-3H3. The monoisotopic (exact) mass is 448 g/mol. The molecular weight excluding hydrogens is 427 g/mol. The number of aryl methyl sites for hydroxylation is 3. The molecule has 4 rings (SSSR count). The third kappa shape index (κ3) is 3.59. The van der Waals surface area contributed by atoms with Crippen molar-refractivity contribution < 1.29 is 17.6 Å². The van der Waals surface area contributed by atoms with Crippen LogP contribution < -0.4 is 0 Å². The summed E-state index contributed by atoms with van der Waals surface area (Å²) in [4.78, 5) is 25.1. The molecule has 0 saturated carbocycles. The van der Waals surface area contributed by atoms with Gasteiger partial charge < -0.3 is 4.90 Å². The van der Waals surface area contributed by atoms with Crippen molar-refractivity contribution >= 4 is 37.5 Å². The van der Waals surface area contributed by atoms with Crippen LogP contribution in [0.25, 0.3) is 10.2 Å². The van der Waals surface area contributed by atoms with Crippen molar-refractivity contribution in [1.82, 2.24) is 19.2 Å². The zero-order chi connectivity index (χ0) is 21.6. The van der Waals surface area contributed by atoms with Crippen molar-refractivity contribution in [2.24, 2.45) is 0 Å². The predicted octanol–water partition coefficient (Wildman–Crippen LogP) is 2.90. The molecule has 1 saturated heterocycles. The summed E-state index contributed by atoms with van der Waals surface area (Å²) >= 11 is 1.35. The Morgan fingerprint density at radius 1 is 1.03 bits per heavy atom. The minimum absolute atomic E-state index is 0.0495. The summed E-state index contributed by atoms with van der Waals surface area (Å²) in [6.07, 6.45) is 0. The van der Waals surface area contributed by atoms with E-state index in [2.05, 4.69) is 9.97 Å². The number of sulfonamides is 1. The van der Waals surface area contributed by atoms with Gasteiger partial charge in [-0.1, -0.05) is 0 Å². The molecule has 0 N–H and O–H groups in total. The second-order valence-electron chi connectivity index (χ2n) is 7.24. The van der Waals surface area contributed by atoms with Crippen LogP contribution >= 0.6 is 11.3 Å². The van der Waals surface area contributed by atoms with E-state index in [-0.39, 0.29) is 37.0 Å². The quantitative estimate of drug-likeness (QED) is 0.615. The van der Waals surface area contributed by atoms with E-state index in [1.807, 2.05) is 20.8 Å². The molecule has 0 atom stereocenters. The van der Waals surface area contributed by atoms with Crippen molar-refractivity contribution in [1.29, 1.82) is 0 Å². The molecule has 2 aromatic heterocycles. The number of hydrogen-bond acceptors (Lipinski definition) is 6. The van der Waals surface area contributed by atoms with Gasteiger partial charge in [0.15, 0.2) is 0 Å². The van der Waals surface area contributed by atoms with Crippen molar-refractivity contribution in [3.05, 3.63) is 52.0 Å². The smallest absolute Gasteiger partial charge is 0.264 e. The van der Waals surface area contributed by atoms with Gasteiger partial charge in [-0.05, 0) is 50.6 Å². The number of nitrogens with zero attached hydrogens (tertiary/aromatic N) is 4. The normalized spacial score (nSPS) is 15.7. The molecule has 1 amide bonds. The minimum Gasteiger partial charge on any atom is -0.335 e. The second-order valence-corrected chi connectivity index (χ2v) is 10.2. The summed E-state index contributed by atoms with van der Waals surface area (Å²) in [5.41, 5.74) is 1.71. The van der Waals surface area contributed by atoms with Gasteiger partial charge in [0.2, 0.25) is 10.0 Å². The third-order valence-electron chi connectivity index (χ3n) is 5.25. The maximum absolute atomic E-state index is 13.1. The number of carbonyl (C=O) groups excluding carboxylic acids is 1. The highest BCUT2D eigenvalue weighted by atomic mass is 32.2. The van der Waals surface area contributed by atoms with Gasteiger partial charge in [0.05, 0.1) is 9.77 Å². The third-order valence-corrected chi connectivity index (χ3v) is 8.34. The van der Waals surface area contributed by atoms with Crippen LogP contribution in [-0.2, 0) is 10.0 Å². The lowest BCUT2D eigenvalue weighted by Crippen LogP contribution is -2.50. The van der Waals surface area contributed by atoms with E-state index < -0.39 is 15.8 Å². The minimum atomic E-state index is -3.72. The number of aromatic nitrogens is 2. The lowest BCUT2D eigenvalue weighted by molar-refractivity contribution is 0.0702. The van der Waals surface area contributed by atoms with E-state index in [1.54, 1.807) is 4.90 Å². The highest BCUT2D eigenvalue weighted by Crippen LogP contribution is 2.32. The van der Waals surface area contributed by atoms with E-state index in [0.29, 0.717) is 10.7 Å². The first-order chi connectivity index (χ1) is 14.2. The summed E-state index contributed by atoms with van der Waals surface area (Å²) in [5, 5.41) is 0.909. The summed E-state index contributed by atoms with van der Waals surface area (Å²) in [6, 6.07) is 4.77. The van der Waals surface area contributed by atoms with Gasteiger partial charge in [-0.3, -0.25) is 4.79 Å². The summed E-state index contributed by atoms with van der Waals surface area (Å²) in [5.74, 6) is 0.0597. The van der Waals surface area contributed by atoms with Crippen LogP contribution in [0.2, 0.25) is 0 Å². The molecule has 3 aromatic rings. The number of amides is 1. The predicted molar refractivity (Wildman–Crippen MR) is 113 cm³/mol.